The third-order valence-corrected chi connectivity index (χ3v) is 4.49. The molecule has 0 bridgehead atoms. The van der Waals surface area contributed by atoms with Crippen molar-refractivity contribution >= 4 is 52.4 Å². The predicted molar refractivity (Wildman–Crippen MR) is 78.6 cm³/mol. The van der Waals surface area contributed by atoms with E-state index in [2.05, 4.69) is 0 Å². The lowest BCUT2D eigenvalue weighted by atomic mass is 10.2. The zero-order valence-corrected chi connectivity index (χ0v) is 13.4. The fourth-order valence-corrected chi connectivity index (χ4v) is 1.96. The minimum absolute atomic E-state index is 0.0215. The van der Waals surface area contributed by atoms with Crippen molar-refractivity contribution in [2.45, 2.75) is 21.9 Å². The zero-order chi connectivity index (χ0) is 15.4. The molecule has 1 aromatic carbocycles. The molecule has 0 radical (unpaired) electrons. The number of aliphatic hydroxyl groups excluding tert-OH is 1. The van der Waals surface area contributed by atoms with E-state index in [4.69, 9.17) is 55.9 Å². The van der Waals surface area contributed by atoms with Gasteiger partial charge in [-0.3, -0.25) is 0 Å². The van der Waals surface area contributed by atoms with Crippen LogP contribution in [0.4, 0.5) is 0 Å². The van der Waals surface area contributed by atoms with Crippen LogP contribution >= 0.6 is 46.4 Å². The van der Waals surface area contributed by atoms with Crippen LogP contribution in [-0.2, 0) is 9.53 Å². The van der Waals surface area contributed by atoms with Gasteiger partial charge in [-0.1, -0.05) is 64.6 Å². The number of esters is 1. The first kappa shape index (κ1) is 17.7. The van der Waals surface area contributed by atoms with Gasteiger partial charge in [0, 0.05) is 0 Å². The van der Waals surface area contributed by atoms with Crippen molar-refractivity contribution in [1.82, 2.24) is 0 Å². The first-order valence-electron chi connectivity index (χ1n) is 5.56. The third kappa shape index (κ3) is 3.62. The fourth-order valence-electron chi connectivity index (χ4n) is 1.27. The lowest BCUT2D eigenvalue weighted by molar-refractivity contribution is -0.156. The summed E-state index contributed by atoms with van der Waals surface area (Å²) >= 11 is 23.3. The van der Waals surface area contributed by atoms with Gasteiger partial charge in [0.2, 0.25) is 4.33 Å². The number of hydrogen-bond acceptors (Lipinski definition) is 4. The molecule has 0 aromatic heterocycles. The Balaban J connectivity index is 3.17. The molecule has 0 aliphatic rings. The summed E-state index contributed by atoms with van der Waals surface area (Å²) in [5, 5.41) is 7.03. The van der Waals surface area contributed by atoms with E-state index in [1.807, 2.05) is 0 Å². The van der Waals surface area contributed by atoms with Crippen molar-refractivity contribution in [2.75, 3.05) is 6.61 Å². The highest BCUT2D eigenvalue weighted by molar-refractivity contribution is 6.59. The van der Waals surface area contributed by atoms with Crippen LogP contribution in [0.2, 0.25) is 0 Å². The van der Waals surface area contributed by atoms with Gasteiger partial charge < -0.3 is 14.6 Å². The predicted octanol–water partition coefficient (Wildman–Crippen LogP) is 3.29. The molecular formula is C12H12Cl4O4. The summed E-state index contributed by atoms with van der Waals surface area (Å²) in [4.78, 5) is 12.0. The summed E-state index contributed by atoms with van der Waals surface area (Å²) in [6.45, 7) is 1.59. The molecule has 0 aliphatic carbocycles. The number of alkyl halides is 4. The summed E-state index contributed by atoms with van der Waals surface area (Å²) in [6, 6.07) is 8.10. The first-order chi connectivity index (χ1) is 9.25. The fraction of sp³-hybridized carbons (Fsp3) is 0.417. The molecule has 2 atom stereocenters. The van der Waals surface area contributed by atoms with Crippen LogP contribution in [0.1, 0.15) is 6.92 Å². The molecule has 112 valence electrons. The van der Waals surface area contributed by atoms with Gasteiger partial charge in [0.25, 0.3) is 0 Å². The quantitative estimate of drug-likeness (QED) is 0.623. The van der Waals surface area contributed by atoms with Gasteiger partial charge in [0.1, 0.15) is 5.75 Å². The van der Waals surface area contributed by atoms with Gasteiger partial charge in [-0.05, 0) is 19.1 Å². The van der Waals surface area contributed by atoms with Crippen molar-refractivity contribution in [3.63, 3.8) is 0 Å². The van der Waals surface area contributed by atoms with E-state index < -0.39 is 20.9 Å². The Morgan fingerprint density at radius 1 is 1.30 bits per heavy atom. The topological polar surface area (TPSA) is 55.8 Å². The molecule has 0 spiro atoms. The van der Waals surface area contributed by atoms with Crippen LogP contribution in [0.3, 0.4) is 0 Å². The Bertz CT molecular complexity index is 452. The number of hydrogen-bond donors (Lipinski definition) is 1. The van der Waals surface area contributed by atoms with Crippen molar-refractivity contribution in [3.8, 4) is 5.75 Å². The highest BCUT2D eigenvalue weighted by Gasteiger charge is 2.62. The van der Waals surface area contributed by atoms with E-state index in [9.17, 15) is 9.90 Å². The summed E-state index contributed by atoms with van der Waals surface area (Å²) in [6.07, 6.45) is 0. The summed E-state index contributed by atoms with van der Waals surface area (Å²) in [5.74, 6) is -0.853. The second kappa shape index (κ2) is 7.05. The van der Waals surface area contributed by atoms with Crippen molar-refractivity contribution in [3.05, 3.63) is 30.3 Å². The second-order valence-electron chi connectivity index (χ2n) is 3.69. The van der Waals surface area contributed by atoms with Crippen LogP contribution in [-0.4, -0.2) is 32.6 Å². The van der Waals surface area contributed by atoms with Crippen LogP contribution in [0.15, 0.2) is 30.3 Å². The molecule has 2 unspecified atom stereocenters. The van der Waals surface area contributed by atoms with Gasteiger partial charge in [0.05, 0.1) is 6.61 Å². The van der Waals surface area contributed by atoms with Crippen LogP contribution in [0, 0.1) is 0 Å². The maximum atomic E-state index is 12.0. The van der Waals surface area contributed by atoms with E-state index in [1.54, 1.807) is 25.1 Å². The number of benzene rings is 1. The number of ether oxygens (including phenoxy) is 2. The van der Waals surface area contributed by atoms with E-state index in [-0.39, 0.29) is 12.4 Å². The molecule has 0 amide bonds. The zero-order valence-electron chi connectivity index (χ0n) is 10.4. The number of para-hydroxylation sites is 1. The molecule has 0 fully saturated rings. The van der Waals surface area contributed by atoms with Crippen LogP contribution < -0.4 is 4.74 Å². The first-order valence-corrected chi connectivity index (χ1v) is 7.13. The normalized spacial score (nSPS) is 16.1. The molecule has 0 saturated heterocycles. The lowest BCUT2D eigenvalue weighted by Gasteiger charge is -2.36. The SMILES string of the molecule is CCOC(=O)C(Cl)(Oc1ccccc1)C(Cl)(Cl)C(O)Cl. The van der Waals surface area contributed by atoms with Gasteiger partial charge >= 0.3 is 11.0 Å². The Morgan fingerprint density at radius 2 is 1.85 bits per heavy atom. The minimum Gasteiger partial charge on any atom is -0.462 e. The summed E-state index contributed by atoms with van der Waals surface area (Å²) in [7, 11) is 0. The molecule has 1 aromatic rings. The van der Waals surface area contributed by atoms with E-state index in [0.717, 1.165) is 0 Å². The maximum absolute atomic E-state index is 12.0. The largest absolute Gasteiger partial charge is 0.462 e. The van der Waals surface area contributed by atoms with Crippen molar-refractivity contribution in [2.24, 2.45) is 0 Å². The van der Waals surface area contributed by atoms with E-state index in [0.29, 0.717) is 0 Å². The van der Waals surface area contributed by atoms with Gasteiger partial charge in [-0.15, -0.1) is 0 Å². The van der Waals surface area contributed by atoms with Crippen LogP contribution in [0.25, 0.3) is 0 Å². The molecule has 0 saturated carbocycles. The Hall–Kier alpha value is -0.390. The molecule has 20 heavy (non-hydrogen) atoms. The third-order valence-electron chi connectivity index (χ3n) is 2.27. The number of carbonyl (C=O) groups is 1. The minimum atomic E-state index is -2.41. The molecule has 4 nitrogen and oxygen atoms in total. The molecule has 0 aliphatic heterocycles. The van der Waals surface area contributed by atoms with Crippen molar-refractivity contribution in [1.29, 1.82) is 0 Å². The number of carbonyl (C=O) groups excluding carboxylic acids is 1. The Labute approximate surface area is 136 Å². The average Bonchev–Trinajstić information content (AvgIpc) is 2.39. The highest BCUT2D eigenvalue weighted by atomic mass is 35.5. The van der Waals surface area contributed by atoms with Gasteiger partial charge in [-0.2, -0.15) is 0 Å². The molecular weight excluding hydrogens is 350 g/mol. The second-order valence-corrected chi connectivity index (χ2v) is 6.02. The van der Waals surface area contributed by atoms with E-state index >= 15 is 0 Å². The molecule has 8 heteroatoms. The smallest absolute Gasteiger partial charge is 0.370 e. The number of aliphatic hydroxyl groups is 1. The summed E-state index contributed by atoms with van der Waals surface area (Å²) < 4.78 is 7.77. The van der Waals surface area contributed by atoms with Gasteiger partial charge in [-0.25, -0.2) is 4.79 Å². The Kier molecular flexibility index (Phi) is 6.23. The van der Waals surface area contributed by atoms with Crippen molar-refractivity contribution < 1.29 is 19.4 Å². The monoisotopic (exact) mass is 360 g/mol. The van der Waals surface area contributed by atoms with E-state index in [1.165, 1.54) is 12.1 Å². The standard InChI is InChI=1S/C12H12Cl4O4/c1-2-19-10(18)12(16,11(14,15)9(13)17)20-8-6-4-3-5-7-8/h3-7,9,17H,2H2,1H3. The maximum Gasteiger partial charge on any atom is 0.370 e. The lowest BCUT2D eigenvalue weighted by Crippen LogP contribution is -2.58. The number of rotatable bonds is 6. The molecule has 0 heterocycles. The Morgan fingerprint density at radius 3 is 2.30 bits per heavy atom. The van der Waals surface area contributed by atoms with Crippen LogP contribution in [0.5, 0.6) is 5.75 Å². The summed E-state index contributed by atoms with van der Waals surface area (Å²) in [5.41, 5.74) is -1.86. The number of halogens is 4. The molecule has 1 rings (SSSR count). The molecule has 1 N–H and O–H groups in total. The average molecular weight is 362 g/mol. The van der Waals surface area contributed by atoms with Gasteiger partial charge in [0.15, 0.2) is 5.56 Å². The highest BCUT2D eigenvalue weighted by Crippen LogP contribution is 2.45.